The minimum absolute atomic E-state index is 0.0419. The number of piperidine rings is 1. The lowest BCUT2D eigenvalue weighted by molar-refractivity contribution is -0.131. The minimum atomic E-state index is -0.221. The lowest BCUT2D eigenvalue weighted by Crippen LogP contribution is -2.46. The van der Waals surface area contributed by atoms with E-state index in [0.29, 0.717) is 25.3 Å². The fourth-order valence-corrected chi connectivity index (χ4v) is 3.73. The zero-order chi connectivity index (χ0) is 16.5. The Morgan fingerprint density at radius 2 is 1.78 bits per heavy atom. The number of nitrogens with zero attached hydrogens (tertiary/aromatic N) is 1. The molecule has 1 aliphatic carbocycles. The molecule has 0 aromatic rings. The number of likely N-dealkylation sites (tertiary alicyclic amines) is 1. The van der Waals surface area contributed by atoms with Gasteiger partial charge in [-0.1, -0.05) is 12.8 Å². The first kappa shape index (κ1) is 18.0. The quantitative estimate of drug-likeness (QED) is 0.665. The molecule has 0 aromatic carbocycles. The fourth-order valence-electron chi connectivity index (χ4n) is 3.73. The number of urea groups is 1. The molecule has 132 valence electrons. The molecule has 2 rings (SSSR count). The van der Waals surface area contributed by atoms with Crippen LogP contribution in [0.25, 0.3) is 0 Å². The van der Waals surface area contributed by atoms with Crippen molar-refractivity contribution in [2.75, 3.05) is 26.2 Å². The molecule has 2 aliphatic rings. The number of amides is 3. The van der Waals surface area contributed by atoms with Crippen LogP contribution in [0.1, 0.15) is 57.8 Å². The highest BCUT2D eigenvalue weighted by molar-refractivity contribution is 5.78. The molecule has 0 bridgehead atoms. The second kappa shape index (κ2) is 9.75. The Balaban J connectivity index is 1.65. The maximum atomic E-state index is 12.0. The van der Waals surface area contributed by atoms with Crippen molar-refractivity contribution in [1.29, 1.82) is 0 Å². The molecule has 3 N–H and O–H groups in total. The van der Waals surface area contributed by atoms with Crippen molar-refractivity contribution in [3.8, 4) is 0 Å². The van der Waals surface area contributed by atoms with Crippen molar-refractivity contribution in [2.45, 2.75) is 63.8 Å². The summed E-state index contributed by atoms with van der Waals surface area (Å²) in [5.41, 5.74) is 0. The molecule has 6 nitrogen and oxygen atoms in total. The largest absolute Gasteiger partial charge is 0.396 e. The Bertz CT molecular complexity index is 377. The van der Waals surface area contributed by atoms with Crippen LogP contribution in [0.3, 0.4) is 0 Å². The van der Waals surface area contributed by atoms with Gasteiger partial charge in [0.15, 0.2) is 0 Å². The third-order valence-corrected chi connectivity index (χ3v) is 5.06. The average Bonchev–Trinajstić information content (AvgIpc) is 3.09. The smallest absolute Gasteiger partial charge is 0.315 e. The highest BCUT2D eigenvalue weighted by Crippen LogP contribution is 2.28. The number of nitrogens with one attached hydrogen (secondary N) is 2. The number of carbonyl (C=O) groups excluding carboxylic acids is 2. The van der Waals surface area contributed by atoms with E-state index < -0.39 is 0 Å². The summed E-state index contributed by atoms with van der Waals surface area (Å²) in [5.74, 6) is 0.607. The number of rotatable bonds is 7. The molecule has 1 atom stereocenters. The SMILES string of the molecule is O=C(NCCC(=O)N1CCCCC1)NC(CCO)C1CCCC1. The Morgan fingerprint density at radius 3 is 2.43 bits per heavy atom. The van der Waals surface area contributed by atoms with Crippen molar-refractivity contribution in [2.24, 2.45) is 5.92 Å². The zero-order valence-electron chi connectivity index (χ0n) is 14.1. The first-order valence-electron chi connectivity index (χ1n) is 9.13. The van der Waals surface area contributed by atoms with Crippen molar-refractivity contribution in [3.63, 3.8) is 0 Å². The maximum Gasteiger partial charge on any atom is 0.315 e. The summed E-state index contributed by atoms with van der Waals surface area (Å²) in [7, 11) is 0. The van der Waals surface area contributed by atoms with E-state index >= 15 is 0 Å². The number of aliphatic hydroxyl groups excluding tert-OH is 1. The van der Waals surface area contributed by atoms with Crippen LogP contribution in [0.5, 0.6) is 0 Å². The van der Waals surface area contributed by atoms with Gasteiger partial charge >= 0.3 is 6.03 Å². The number of hydrogen-bond acceptors (Lipinski definition) is 3. The van der Waals surface area contributed by atoms with Gasteiger partial charge in [-0.15, -0.1) is 0 Å². The minimum Gasteiger partial charge on any atom is -0.396 e. The van der Waals surface area contributed by atoms with Crippen LogP contribution in [-0.4, -0.2) is 54.2 Å². The summed E-state index contributed by atoms with van der Waals surface area (Å²) in [6, 6.07) is -0.179. The summed E-state index contributed by atoms with van der Waals surface area (Å²) < 4.78 is 0. The molecule has 0 aromatic heterocycles. The van der Waals surface area contributed by atoms with Crippen molar-refractivity contribution < 1.29 is 14.7 Å². The van der Waals surface area contributed by atoms with Gasteiger partial charge in [-0.05, 0) is 44.4 Å². The van der Waals surface area contributed by atoms with E-state index in [4.69, 9.17) is 0 Å². The van der Waals surface area contributed by atoms with Crippen LogP contribution in [-0.2, 0) is 4.79 Å². The van der Waals surface area contributed by atoms with Gasteiger partial charge in [0.1, 0.15) is 0 Å². The van der Waals surface area contributed by atoms with Gasteiger partial charge < -0.3 is 20.6 Å². The fraction of sp³-hybridized carbons (Fsp3) is 0.882. The van der Waals surface area contributed by atoms with Crippen molar-refractivity contribution >= 4 is 11.9 Å². The molecule has 1 aliphatic heterocycles. The number of hydrogen-bond donors (Lipinski definition) is 3. The summed E-state index contributed by atoms with van der Waals surface area (Å²) in [6.07, 6.45) is 9.01. The molecule has 3 amide bonds. The summed E-state index contributed by atoms with van der Waals surface area (Å²) in [5, 5.41) is 14.9. The summed E-state index contributed by atoms with van der Waals surface area (Å²) in [4.78, 5) is 25.9. The molecule has 0 radical (unpaired) electrons. The van der Waals surface area contributed by atoms with Gasteiger partial charge in [-0.2, -0.15) is 0 Å². The van der Waals surface area contributed by atoms with Crippen LogP contribution in [0.4, 0.5) is 4.79 Å². The van der Waals surface area contributed by atoms with E-state index in [1.165, 1.54) is 19.3 Å². The maximum absolute atomic E-state index is 12.0. The second-order valence-electron chi connectivity index (χ2n) is 6.75. The van der Waals surface area contributed by atoms with Gasteiger partial charge in [0.25, 0.3) is 0 Å². The van der Waals surface area contributed by atoms with Crippen molar-refractivity contribution in [3.05, 3.63) is 0 Å². The zero-order valence-corrected chi connectivity index (χ0v) is 14.1. The van der Waals surface area contributed by atoms with E-state index in [1.54, 1.807) is 0 Å². The molecule has 1 saturated heterocycles. The van der Waals surface area contributed by atoms with E-state index in [2.05, 4.69) is 10.6 Å². The molecule has 6 heteroatoms. The highest BCUT2D eigenvalue weighted by Gasteiger charge is 2.26. The van der Waals surface area contributed by atoms with Gasteiger partial charge in [-0.25, -0.2) is 4.79 Å². The van der Waals surface area contributed by atoms with Gasteiger partial charge in [0.2, 0.25) is 5.91 Å². The Hall–Kier alpha value is -1.30. The van der Waals surface area contributed by atoms with Gasteiger partial charge in [0, 0.05) is 38.7 Å². The third-order valence-electron chi connectivity index (χ3n) is 5.06. The Morgan fingerprint density at radius 1 is 1.09 bits per heavy atom. The summed E-state index contributed by atoms with van der Waals surface area (Å²) in [6.45, 7) is 2.17. The van der Waals surface area contributed by atoms with E-state index in [9.17, 15) is 14.7 Å². The van der Waals surface area contributed by atoms with Crippen molar-refractivity contribution in [1.82, 2.24) is 15.5 Å². The molecule has 0 spiro atoms. The molecular formula is C17H31N3O3. The van der Waals surface area contributed by atoms with Gasteiger partial charge in [-0.3, -0.25) is 4.79 Å². The predicted octanol–water partition coefficient (Wildman–Crippen LogP) is 1.63. The highest BCUT2D eigenvalue weighted by atomic mass is 16.3. The molecule has 1 heterocycles. The predicted molar refractivity (Wildman–Crippen MR) is 89.0 cm³/mol. The van der Waals surface area contributed by atoms with E-state index in [1.807, 2.05) is 4.90 Å². The second-order valence-corrected chi connectivity index (χ2v) is 6.75. The molecule has 1 saturated carbocycles. The van der Waals surface area contributed by atoms with Crippen LogP contribution in [0, 0.1) is 5.92 Å². The first-order chi connectivity index (χ1) is 11.2. The normalized spacial score (nSPS) is 20.3. The van der Waals surface area contributed by atoms with Crippen LogP contribution in [0.2, 0.25) is 0 Å². The summed E-state index contributed by atoms with van der Waals surface area (Å²) >= 11 is 0. The molecule has 2 fully saturated rings. The number of carbonyl (C=O) groups is 2. The topological polar surface area (TPSA) is 81.7 Å². The standard InChI is InChI=1S/C17H31N3O3/c21-13-9-15(14-6-2-3-7-14)19-17(23)18-10-8-16(22)20-11-4-1-5-12-20/h14-15,21H,1-13H2,(H2,18,19,23). The monoisotopic (exact) mass is 325 g/mol. The Kier molecular flexibility index (Phi) is 7.65. The van der Waals surface area contributed by atoms with Crippen LogP contribution < -0.4 is 10.6 Å². The van der Waals surface area contributed by atoms with E-state index in [0.717, 1.165) is 38.8 Å². The van der Waals surface area contributed by atoms with Crippen LogP contribution >= 0.6 is 0 Å². The average molecular weight is 325 g/mol. The first-order valence-corrected chi connectivity index (χ1v) is 9.13. The van der Waals surface area contributed by atoms with Gasteiger partial charge in [0.05, 0.1) is 0 Å². The lowest BCUT2D eigenvalue weighted by atomic mass is 9.96. The lowest BCUT2D eigenvalue weighted by Gasteiger charge is -2.27. The van der Waals surface area contributed by atoms with E-state index in [-0.39, 0.29) is 24.6 Å². The third kappa shape index (κ3) is 6.01. The van der Waals surface area contributed by atoms with Crippen LogP contribution in [0.15, 0.2) is 0 Å². The molecule has 23 heavy (non-hydrogen) atoms. The Labute approximate surface area is 139 Å². The molecular weight excluding hydrogens is 294 g/mol. The number of aliphatic hydroxyl groups is 1. The molecule has 1 unspecified atom stereocenters.